The topological polar surface area (TPSA) is 18.5 Å². The summed E-state index contributed by atoms with van der Waals surface area (Å²) in [5.74, 6) is 0.414. The second kappa shape index (κ2) is 6.40. The van der Waals surface area contributed by atoms with Gasteiger partial charge in [-0.15, -0.1) is 0 Å². The van der Waals surface area contributed by atoms with Gasteiger partial charge in [0.05, 0.1) is 10.5 Å². The minimum Gasteiger partial charge on any atom is -0.496 e. The summed E-state index contributed by atoms with van der Waals surface area (Å²) >= 11 is 6.40. The zero-order chi connectivity index (χ0) is 13.0. The molecule has 1 aromatic rings. The van der Waals surface area contributed by atoms with Gasteiger partial charge >= 0.3 is 0 Å². The van der Waals surface area contributed by atoms with Crippen molar-refractivity contribution >= 4 is 31.9 Å². The van der Waals surface area contributed by atoms with Crippen molar-refractivity contribution in [3.05, 3.63) is 32.5 Å². The van der Waals surface area contributed by atoms with Crippen LogP contribution in [0.1, 0.15) is 11.1 Å². The smallest absolute Gasteiger partial charge is 0.171 e. The number of hydrogen-bond acceptors (Lipinski definition) is 2. The molecule has 0 radical (unpaired) electrons. The molecule has 0 unspecified atom stereocenters. The van der Waals surface area contributed by atoms with Gasteiger partial charge in [-0.3, -0.25) is 0 Å². The molecule has 17 heavy (non-hydrogen) atoms. The van der Waals surface area contributed by atoms with E-state index in [1.165, 1.54) is 7.11 Å². The molecule has 0 heterocycles. The van der Waals surface area contributed by atoms with Crippen LogP contribution in [0.3, 0.4) is 0 Å². The van der Waals surface area contributed by atoms with Crippen LogP contribution in [0.2, 0.25) is 0 Å². The molecule has 0 spiro atoms. The van der Waals surface area contributed by atoms with Gasteiger partial charge in [-0.25, -0.2) is 4.39 Å². The summed E-state index contributed by atoms with van der Waals surface area (Å²) in [5, 5.41) is 0. The van der Waals surface area contributed by atoms with Crippen molar-refractivity contribution in [3.8, 4) is 11.5 Å². The van der Waals surface area contributed by atoms with Crippen molar-refractivity contribution in [1.82, 2.24) is 0 Å². The van der Waals surface area contributed by atoms with Gasteiger partial charge in [-0.2, -0.15) is 0 Å². The molecule has 0 fully saturated rings. The molecule has 2 nitrogen and oxygen atoms in total. The molecule has 0 aliphatic rings. The highest BCUT2D eigenvalue weighted by atomic mass is 79.9. The van der Waals surface area contributed by atoms with E-state index in [4.69, 9.17) is 9.47 Å². The lowest BCUT2D eigenvalue weighted by atomic mass is 10.1. The highest BCUT2D eigenvalue weighted by Crippen LogP contribution is 2.32. The molecule has 1 aromatic carbocycles. The van der Waals surface area contributed by atoms with Gasteiger partial charge in [-0.1, -0.05) is 0 Å². The number of aryl methyl sites for hydroxylation is 1. The van der Waals surface area contributed by atoms with Crippen LogP contribution in [0, 0.1) is 19.7 Å². The van der Waals surface area contributed by atoms with E-state index in [0.717, 1.165) is 8.96 Å². The first-order valence-electron chi connectivity index (χ1n) is 4.95. The maximum atomic E-state index is 13.9. The van der Waals surface area contributed by atoms with Gasteiger partial charge in [0.15, 0.2) is 11.6 Å². The minimum atomic E-state index is -0.383. The van der Waals surface area contributed by atoms with Crippen molar-refractivity contribution in [1.29, 1.82) is 0 Å². The van der Waals surface area contributed by atoms with Gasteiger partial charge in [0.2, 0.25) is 0 Å². The van der Waals surface area contributed by atoms with Crippen molar-refractivity contribution in [2.45, 2.75) is 13.8 Å². The zero-order valence-corrected chi connectivity index (χ0v) is 13.0. The van der Waals surface area contributed by atoms with Crippen LogP contribution >= 0.6 is 31.9 Å². The summed E-state index contributed by atoms with van der Waals surface area (Å²) < 4.78 is 25.1. The normalized spacial score (nSPS) is 10.0. The molecule has 0 N–H and O–H groups in total. The molecule has 94 valence electrons. The van der Waals surface area contributed by atoms with Crippen LogP contribution in [0.4, 0.5) is 4.39 Å². The third-order valence-corrected chi connectivity index (χ3v) is 2.92. The number of benzene rings is 1. The van der Waals surface area contributed by atoms with Crippen molar-refractivity contribution in [2.24, 2.45) is 0 Å². The molecule has 0 aliphatic heterocycles. The largest absolute Gasteiger partial charge is 0.496 e. The average Bonchev–Trinajstić information content (AvgIpc) is 2.25. The van der Waals surface area contributed by atoms with Crippen LogP contribution in [0.5, 0.6) is 11.5 Å². The molecule has 0 saturated carbocycles. The Bertz CT molecular complexity index is 441. The van der Waals surface area contributed by atoms with E-state index < -0.39 is 0 Å². The van der Waals surface area contributed by atoms with E-state index in [0.29, 0.717) is 11.3 Å². The molecule has 0 bridgehead atoms. The van der Waals surface area contributed by atoms with Gasteiger partial charge in [0, 0.05) is 5.56 Å². The molecular weight excluding hydrogens is 355 g/mol. The monoisotopic (exact) mass is 366 g/mol. The third kappa shape index (κ3) is 3.71. The van der Waals surface area contributed by atoms with Crippen molar-refractivity contribution < 1.29 is 13.9 Å². The number of halogens is 3. The predicted molar refractivity (Wildman–Crippen MR) is 73.9 cm³/mol. The lowest BCUT2D eigenvalue weighted by Crippen LogP contribution is -2.01. The standard InChI is InChI=1S/C12H13Br2FO2/c1-7-6-9(17-5-4-10(13)14)11(15)8(2)12(7)16-3/h4,6H,5H2,1-3H3. The summed E-state index contributed by atoms with van der Waals surface area (Å²) in [7, 11) is 1.53. The first kappa shape index (κ1) is 14.5. The molecule has 0 amide bonds. The Morgan fingerprint density at radius 3 is 2.59 bits per heavy atom. The zero-order valence-electron chi connectivity index (χ0n) is 9.81. The summed E-state index contributed by atoms with van der Waals surface area (Å²) in [5.41, 5.74) is 1.31. The molecule has 0 atom stereocenters. The summed E-state index contributed by atoms with van der Waals surface area (Å²) in [4.78, 5) is 0. The van der Waals surface area contributed by atoms with E-state index in [-0.39, 0.29) is 18.2 Å². The van der Waals surface area contributed by atoms with E-state index in [9.17, 15) is 4.39 Å². The van der Waals surface area contributed by atoms with Gasteiger partial charge < -0.3 is 9.47 Å². The number of ether oxygens (including phenoxy) is 2. The predicted octanol–water partition coefficient (Wildman–Crippen LogP) is 4.46. The first-order valence-corrected chi connectivity index (χ1v) is 6.53. The lowest BCUT2D eigenvalue weighted by molar-refractivity contribution is 0.336. The molecule has 1 rings (SSSR count). The van der Waals surface area contributed by atoms with Crippen LogP contribution in [-0.2, 0) is 0 Å². The fourth-order valence-corrected chi connectivity index (χ4v) is 1.78. The highest BCUT2D eigenvalue weighted by molar-refractivity contribution is 9.28. The van der Waals surface area contributed by atoms with E-state index in [1.807, 2.05) is 6.92 Å². The van der Waals surface area contributed by atoms with Crippen LogP contribution in [0.15, 0.2) is 15.5 Å². The maximum absolute atomic E-state index is 13.9. The van der Waals surface area contributed by atoms with Gasteiger partial charge in [0.1, 0.15) is 12.4 Å². The van der Waals surface area contributed by atoms with Crippen LogP contribution in [0.25, 0.3) is 0 Å². The molecule has 0 aliphatic carbocycles. The fraction of sp³-hybridized carbons (Fsp3) is 0.333. The third-order valence-electron chi connectivity index (χ3n) is 2.27. The van der Waals surface area contributed by atoms with Gasteiger partial charge in [0.25, 0.3) is 0 Å². The molecule has 0 aromatic heterocycles. The highest BCUT2D eigenvalue weighted by Gasteiger charge is 2.14. The quantitative estimate of drug-likeness (QED) is 0.782. The van der Waals surface area contributed by atoms with E-state index in [2.05, 4.69) is 31.9 Å². The Labute approximate surface area is 117 Å². The average molecular weight is 368 g/mol. The second-order valence-corrected chi connectivity index (χ2v) is 6.24. The number of hydrogen-bond donors (Lipinski definition) is 0. The summed E-state index contributed by atoms with van der Waals surface area (Å²) in [6.45, 7) is 3.81. The molecule has 0 saturated heterocycles. The fourth-order valence-electron chi connectivity index (χ4n) is 1.52. The SMILES string of the molecule is COc1c(C)cc(OCC=C(Br)Br)c(F)c1C. The van der Waals surface area contributed by atoms with E-state index >= 15 is 0 Å². The number of rotatable bonds is 4. The Kier molecular flexibility index (Phi) is 5.46. The summed E-state index contributed by atoms with van der Waals surface area (Å²) in [6, 6.07) is 1.64. The van der Waals surface area contributed by atoms with Crippen molar-refractivity contribution in [3.63, 3.8) is 0 Å². The maximum Gasteiger partial charge on any atom is 0.171 e. The van der Waals surface area contributed by atoms with Crippen LogP contribution in [-0.4, -0.2) is 13.7 Å². The Morgan fingerprint density at radius 2 is 2.06 bits per heavy atom. The molecular formula is C12H13Br2FO2. The van der Waals surface area contributed by atoms with E-state index in [1.54, 1.807) is 19.1 Å². The minimum absolute atomic E-state index is 0.235. The molecule has 5 heteroatoms. The Hall–Kier alpha value is -0.550. The van der Waals surface area contributed by atoms with Crippen molar-refractivity contribution in [2.75, 3.05) is 13.7 Å². The first-order chi connectivity index (χ1) is 7.97. The summed E-state index contributed by atoms with van der Waals surface area (Å²) in [6.07, 6.45) is 1.74. The number of methoxy groups -OCH3 is 1. The Balaban J connectivity index is 2.98. The lowest BCUT2D eigenvalue weighted by Gasteiger charge is -2.13. The second-order valence-electron chi connectivity index (χ2n) is 3.47. The van der Waals surface area contributed by atoms with Crippen LogP contribution < -0.4 is 9.47 Å². The Morgan fingerprint density at radius 1 is 1.41 bits per heavy atom. The van der Waals surface area contributed by atoms with Gasteiger partial charge in [-0.05, 0) is 63.4 Å².